The van der Waals surface area contributed by atoms with Gasteiger partial charge in [0.1, 0.15) is 0 Å². The van der Waals surface area contributed by atoms with E-state index >= 15 is 0 Å². The molecule has 1 amide bonds. The molecule has 0 unspecified atom stereocenters. The van der Waals surface area contributed by atoms with Gasteiger partial charge in [0.15, 0.2) is 11.5 Å². The van der Waals surface area contributed by atoms with Gasteiger partial charge >= 0.3 is 0 Å². The first kappa shape index (κ1) is 17.7. The van der Waals surface area contributed by atoms with Crippen molar-refractivity contribution in [2.75, 3.05) is 26.6 Å². The van der Waals surface area contributed by atoms with Crippen molar-refractivity contribution in [1.82, 2.24) is 9.59 Å². The van der Waals surface area contributed by atoms with Crippen molar-refractivity contribution in [2.45, 2.75) is 0 Å². The normalized spacial score (nSPS) is 10.3. The number of benzene rings is 2. The molecule has 1 aromatic heterocycles. The maximum atomic E-state index is 12.6. The molecule has 134 valence electrons. The number of nitrogens with zero attached hydrogens (tertiary/aromatic N) is 2. The van der Waals surface area contributed by atoms with Crippen LogP contribution in [0.3, 0.4) is 0 Å². The van der Waals surface area contributed by atoms with Crippen molar-refractivity contribution in [3.8, 4) is 27.7 Å². The number of amides is 1. The number of aromatic nitrogens is 2. The van der Waals surface area contributed by atoms with Crippen molar-refractivity contribution >= 4 is 23.1 Å². The zero-order valence-electron chi connectivity index (χ0n) is 14.5. The van der Waals surface area contributed by atoms with Gasteiger partial charge in [0.25, 0.3) is 5.91 Å². The maximum absolute atomic E-state index is 12.6. The third-order valence-corrected chi connectivity index (χ3v) is 4.43. The fourth-order valence-corrected chi connectivity index (χ4v) is 2.95. The van der Waals surface area contributed by atoms with E-state index in [9.17, 15) is 4.79 Å². The molecule has 0 bridgehead atoms. The Kier molecular flexibility index (Phi) is 5.33. The van der Waals surface area contributed by atoms with Gasteiger partial charge in [0.2, 0.25) is 5.75 Å². The average molecular weight is 371 g/mol. The zero-order valence-corrected chi connectivity index (χ0v) is 15.3. The molecule has 0 fully saturated rings. The summed E-state index contributed by atoms with van der Waals surface area (Å²) in [7, 11) is 4.53. The first-order chi connectivity index (χ1) is 12.7. The van der Waals surface area contributed by atoms with E-state index in [1.165, 1.54) is 32.9 Å². The first-order valence-corrected chi connectivity index (χ1v) is 8.42. The number of carbonyl (C=O) groups is 1. The lowest BCUT2D eigenvalue weighted by atomic mass is 10.1. The van der Waals surface area contributed by atoms with Crippen molar-refractivity contribution in [3.63, 3.8) is 0 Å². The maximum Gasteiger partial charge on any atom is 0.255 e. The van der Waals surface area contributed by atoms with Crippen LogP contribution in [-0.2, 0) is 0 Å². The minimum Gasteiger partial charge on any atom is -0.493 e. The predicted molar refractivity (Wildman–Crippen MR) is 99.4 cm³/mol. The van der Waals surface area contributed by atoms with Gasteiger partial charge < -0.3 is 19.5 Å². The second-order valence-corrected chi connectivity index (χ2v) is 6.01. The number of methoxy groups -OCH3 is 3. The topological polar surface area (TPSA) is 82.6 Å². The van der Waals surface area contributed by atoms with E-state index < -0.39 is 0 Å². The first-order valence-electron chi connectivity index (χ1n) is 7.65. The van der Waals surface area contributed by atoms with Crippen LogP contribution >= 0.6 is 11.5 Å². The molecule has 2 aromatic carbocycles. The molecule has 0 aliphatic carbocycles. The summed E-state index contributed by atoms with van der Waals surface area (Å²) >= 11 is 1.32. The van der Waals surface area contributed by atoms with Crippen LogP contribution in [0.4, 0.5) is 5.69 Å². The van der Waals surface area contributed by atoms with Gasteiger partial charge in [0.05, 0.1) is 32.4 Å². The smallest absolute Gasteiger partial charge is 0.255 e. The van der Waals surface area contributed by atoms with Crippen molar-refractivity contribution in [1.29, 1.82) is 0 Å². The van der Waals surface area contributed by atoms with E-state index in [2.05, 4.69) is 14.9 Å². The Bertz CT molecular complexity index is 870. The number of rotatable bonds is 6. The summed E-state index contributed by atoms with van der Waals surface area (Å²) in [6.45, 7) is 0. The predicted octanol–water partition coefficient (Wildman–Crippen LogP) is 3.48. The summed E-state index contributed by atoms with van der Waals surface area (Å²) in [4.78, 5) is 13.5. The number of carbonyl (C=O) groups excluding carboxylic acids is 1. The van der Waals surface area contributed by atoms with Gasteiger partial charge in [-0.2, -0.15) is 0 Å². The van der Waals surface area contributed by atoms with Gasteiger partial charge in [-0.15, -0.1) is 5.10 Å². The van der Waals surface area contributed by atoms with E-state index in [4.69, 9.17) is 14.2 Å². The molecule has 0 saturated carbocycles. The largest absolute Gasteiger partial charge is 0.493 e. The summed E-state index contributed by atoms with van der Waals surface area (Å²) in [6.07, 6.45) is 1.70. The molecule has 0 saturated heterocycles. The molecule has 8 heteroatoms. The number of anilines is 1. The van der Waals surface area contributed by atoms with E-state index in [0.29, 0.717) is 28.5 Å². The van der Waals surface area contributed by atoms with E-state index in [0.717, 1.165) is 10.4 Å². The second kappa shape index (κ2) is 7.83. The molecule has 0 radical (unpaired) electrons. The molecular weight excluding hydrogens is 354 g/mol. The van der Waals surface area contributed by atoms with Crippen LogP contribution in [0, 0.1) is 0 Å². The molecule has 26 heavy (non-hydrogen) atoms. The zero-order chi connectivity index (χ0) is 18.5. The van der Waals surface area contributed by atoms with Crippen LogP contribution in [0.1, 0.15) is 10.4 Å². The highest BCUT2D eigenvalue weighted by atomic mass is 32.1. The van der Waals surface area contributed by atoms with Gasteiger partial charge in [-0.05, 0) is 41.4 Å². The minimum absolute atomic E-state index is 0.281. The molecule has 0 spiro atoms. The molecule has 0 aliphatic rings. The Hall–Kier alpha value is -3.13. The molecule has 0 atom stereocenters. The van der Waals surface area contributed by atoms with Crippen molar-refractivity contribution in [3.05, 3.63) is 48.2 Å². The van der Waals surface area contributed by atoms with Gasteiger partial charge in [-0.25, -0.2) is 0 Å². The highest BCUT2D eigenvalue weighted by Gasteiger charge is 2.17. The summed E-state index contributed by atoms with van der Waals surface area (Å²) < 4.78 is 19.7. The fraction of sp³-hybridized carbons (Fsp3) is 0.167. The van der Waals surface area contributed by atoms with Gasteiger partial charge in [-0.3, -0.25) is 4.79 Å². The van der Waals surface area contributed by atoms with E-state index in [1.54, 1.807) is 18.3 Å². The Morgan fingerprint density at radius 1 is 1.00 bits per heavy atom. The lowest BCUT2D eigenvalue weighted by Crippen LogP contribution is -2.12. The Morgan fingerprint density at radius 2 is 1.65 bits per heavy atom. The third-order valence-electron chi connectivity index (χ3n) is 3.72. The Morgan fingerprint density at radius 3 is 2.15 bits per heavy atom. The second-order valence-electron chi connectivity index (χ2n) is 5.23. The quantitative estimate of drug-likeness (QED) is 0.714. The van der Waals surface area contributed by atoms with Crippen molar-refractivity contribution in [2.24, 2.45) is 0 Å². The molecule has 3 rings (SSSR count). The number of ether oxygens (including phenoxy) is 3. The van der Waals surface area contributed by atoms with Gasteiger partial charge in [-0.1, -0.05) is 16.6 Å². The summed E-state index contributed by atoms with van der Waals surface area (Å²) in [5, 5.41) is 6.67. The fourth-order valence-electron chi connectivity index (χ4n) is 2.43. The van der Waals surface area contributed by atoms with Gasteiger partial charge in [0, 0.05) is 11.3 Å². The van der Waals surface area contributed by atoms with E-state index in [1.807, 2.05) is 24.3 Å². The third kappa shape index (κ3) is 3.60. The highest BCUT2D eigenvalue weighted by molar-refractivity contribution is 7.09. The summed E-state index contributed by atoms with van der Waals surface area (Å²) in [5.41, 5.74) is 2.06. The van der Waals surface area contributed by atoms with Crippen LogP contribution in [0.25, 0.3) is 10.4 Å². The lowest BCUT2D eigenvalue weighted by Gasteiger charge is -2.14. The molecule has 3 aromatic rings. The minimum atomic E-state index is -0.281. The molecule has 7 nitrogen and oxygen atoms in total. The molecule has 1 heterocycles. The Balaban J connectivity index is 1.81. The number of hydrogen-bond donors (Lipinski definition) is 1. The summed E-state index contributed by atoms with van der Waals surface area (Å²) in [5.74, 6) is 1.00. The van der Waals surface area contributed by atoms with Crippen LogP contribution in [0.2, 0.25) is 0 Å². The van der Waals surface area contributed by atoms with Crippen molar-refractivity contribution < 1.29 is 19.0 Å². The molecule has 0 aliphatic heterocycles. The average Bonchev–Trinajstić information content (AvgIpc) is 3.22. The lowest BCUT2D eigenvalue weighted by molar-refractivity contribution is 0.102. The summed E-state index contributed by atoms with van der Waals surface area (Å²) in [6, 6.07) is 10.7. The van der Waals surface area contributed by atoms with Crippen LogP contribution in [0.5, 0.6) is 17.2 Å². The van der Waals surface area contributed by atoms with Crippen LogP contribution in [0.15, 0.2) is 42.6 Å². The SMILES string of the molecule is COc1cc(C(=O)Nc2ccc(-c3cnns3)cc2)cc(OC)c1OC. The van der Waals surface area contributed by atoms with Crippen LogP contribution in [-0.4, -0.2) is 36.8 Å². The Labute approximate surface area is 154 Å². The monoisotopic (exact) mass is 371 g/mol. The highest BCUT2D eigenvalue weighted by Crippen LogP contribution is 2.38. The van der Waals surface area contributed by atoms with Crippen LogP contribution < -0.4 is 19.5 Å². The standard InChI is InChI=1S/C18H17N3O4S/c1-23-14-8-12(9-15(24-2)17(14)25-3)18(22)20-13-6-4-11(5-7-13)16-10-19-21-26-16/h4-10H,1-3H3,(H,20,22). The number of hydrogen-bond acceptors (Lipinski definition) is 7. The number of nitrogens with one attached hydrogen (secondary N) is 1. The molecular formula is C18H17N3O4S. The van der Waals surface area contributed by atoms with E-state index in [-0.39, 0.29) is 5.91 Å². The molecule has 1 N–H and O–H groups in total.